The molecule has 1 saturated carbocycles. The summed E-state index contributed by atoms with van der Waals surface area (Å²) in [5.41, 5.74) is 4.76. The fourth-order valence-electron chi connectivity index (χ4n) is 3.73. The van der Waals surface area contributed by atoms with Crippen molar-refractivity contribution in [3.8, 4) is 11.1 Å². The number of rotatable bonds is 8. The summed E-state index contributed by atoms with van der Waals surface area (Å²) in [6, 6.07) is 6.36. The highest BCUT2D eigenvalue weighted by molar-refractivity contribution is 6.74. The Balaban J connectivity index is 2.29. The molecule has 1 aliphatic carbocycles. The van der Waals surface area contributed by atoms with E-state index >= 15 is 0 Å². The van der Waals surface area contributed by atoms with Gasteiger partial charge in [-0.1, -0.05) is 46.8 Å². The summed E-state index contributed by atoms with van der Waals surface area (Å²) < 4.78 is 26.0. The Morgan fingerprint density at radius 1 is 1.18 bits per heavy atom. The summed E-state index contributed by atoms with van der Waals surface area (Å²) in [4.78, 5) is 18.3. The number of hydrogen-bond acceptors (Lipinski definition) is 4. The molecule has 0 saturated heterocycles. The highest BCUT2D eigenvalue weighted by Crippen LogP contribution is 2.46. The van der Waals surface area contributed by atoms with Gasteiger partial charge in [-0.3, -0.25) is 4.98 Å². The summed E-state index contributed by atoms with van der Waals surface area (Å²) >= 11 is 0. The van der Waals surface area contributed by atoms with Crippen LogP contribution >= 0.6 is 0 Å². The number of carbonyl (C=O) groups is 1. The minimum absolute atomic E-state index is 0.0384. The number of halogens is 1. The number of aromatic nitrogens is 1. The average molecular weight is 472 g/mol. The van der Waals surface area contributed by atoms with Gasteiger partial charge in [0.2, 0.25) is 0 Å². The number of benzene rings is 1. The van der Waals surface area contributed by atoms with Gasteiger partial charge in [-0.25, -0.2) is 9.18 Å². The summed E-state index contributed by atoms with van der Waals surface area (Å²) in [5, 5.41) is 0.0536. The maximum atomic E-state index is 13.8. The molecule has 0 atom stereocenters. The molecule has 1 aromatic heterocycles. The molecule has 4 nitrogen and oxygen atoms in total. The predicted octanol–water partition coefficient (Wildman–Crippen LogP) is 7.59. The lowest BCUT2D eigenvalue weighted by Crippen LogP contribution is -2.40. The standard InChI is InChI=1S/C27H38FNO3Si/c1-9-31-26(30)23-22(18-12-14-20(28)15-13-18)21(16-32-33(7,8)27(4,5)6)25(19-10-11-19)29-24(23)17(2)3/h12-15,17,19H,9-11,16H2,1-8H3. The topological polar surface area (TPSA) is 48.4 Å². The van der Waals surface area contributed by atoms with Crippen molar-refractivity contribution in [3.05, 3.63) is 52.6 Å². The number of nitrogens with zero attached hydrogens (tertiary/aromatic N) is 1. The summed E-state index contributed by atoms with van der Waals surface area (Å²) in [7, 11) is -2.06. The first-order valence-corrected chi connectivity index (χ1v) is 14.9. The maximum absolute atomic E-state index is 13.8. The van der Waals surface area contributed by atoms with Crippen molar-refractivity contribution in [2.75, 3.05) is 6.61 Å². The second-order valence-electron chi connectivity index (χ2n) is 10.8. The van der Waals surface area contributed by atoms with Crippen LogP contribution in [0.25, 0.3) is 11.1 Å². The lowest BCUT2D eigenvalue weighted by atomic mass is 9.88. The van der Waals surface area contributed by atoms with Crippen molar-refractivity contribution in [2.24, 2.45) is 0 Å². The molecule has 1 aromatic carbocycles. The second kappa shape index (κ2) is 9.67. The van der Waals surface area contributed by atoms with Gasteiger partial charge in [-0.05, 0) is 61.5 Å². The highest BCUT2D eigenvalue weighted by atomic mass is 28.4. The van der Waals surface area contributed by atoms with Gasteiger partial charge >= 0.3 is 5.97 Å². The highest BCUT2D eigenvalue weighted by Gasteiger charge is 2.39. The van der Waals surface area contributed by atoms with Gasteiger partial charge in [-0.2, -0.15) is 0 Å². The van der Waals surface area contributed by atoms with Crippen molar-refractivity contribution in [2.45, 2.75) is 91.0 Å². The van der Waals surface area contributed by atoms with Crippen LogP contribution in [0, 0.1) is 5.82 Å². The lowest BCUT2D eigenvalue weighted by Gasteiger charge is -2.36. The predicted molar refractivity (Wildman–Crippen MR) is 134 cm³/mol. The van der Waals surface area contributed by atoms with Crippen LogP contribution in [-0.2, 0) is 15.8 Å². The molecule has 6 heteroatoms. The average Bonchev–Trinajstić information content (AvgIpc) is 3.56. The van der Waals surface area contributed by atoms with E-state index in [9.17, 15) is 9.18 Å². The van der Waals surface area contributed by atoms with Crippen LogP contribution in [-0.4, -0.2) is 25.9 Å². The third-order valence-electron chi connectivity index (χ3n) is 6.86. The number of carbonyl (C=O) groups excluding carboxylic acids is 1. The molecule has 1 heterocycles. The van der Waals surface area contributed by atoms with E-state index < -0.39 is 8.32 Å². The fraction of sp³-hybridized carbons (Fsp3) is 0.556. The van der Waals surface area contributed by atoms with Crippen LogP contribution in [0.1, 0.15) is 93.5 Å². The molecule has 33 heavy (non-hydrogen) atoms. The zero-order valence-electron chi connectivity index (χ0n) is 21.3. The van der Waals surface area contributed by atoms with Gasteiger partial charge in [0.05, 0.1) is 24.5 Å². The van der Waals surface area contributed by atoms with Crippen LogP contribution in [0.15, 0.2) is 24.3 Å². The largest absolute Gasteiger partial charge is 0.462 e. The fourth-order valence-corrected chi connectivity index (χ4v) is 4.67. The van der Waals surface area contributed by atoms with E-state index in [-0.39, 0.29) is 29.3 Å². The Morgan fingerprint density at radius 3 is 2.27 bits per heavy atom. The Labute approximate surface area is 199 Å². The first-order valence-electron chi connectivity index (χ1n) is 12.0. The molecule has 180 valence electrons. The first-order chi connectivity index (χ1) is 15.4. The second-order valence-corrected chi connectivity index (χ2v) is 15.6. The molecule has 0 spiro atoms. The van der Waals surface area contributed by atoms with Crippen molar-refractivity contribution in [1.82, 2.24) is 4.98 Å². The van der Waals surface area contributed by atoms with E-state index in [0.717, 1.165) is 40.9 Å². The first kappa shape index (κ1) is 25.6. The van der Waals surface area contributed by atoms with Crippen molar-refractivity contribution >= 4 is 14.3 Å². The van der Waals surface area contributed by atoms with Gasteiger partial charge < -0.3 is 9.16 Å². The zero-order valence-corrected chi connectivity index (χ0v) is 22.3. The molecule has 0 aliphatic heterocycles. The van der Waals surface area contributed by atoms with Crippen molar-refractivity contribution in [1.29, 1.82) is 0 Å². The molecule has 3 rings (SSSR count). The van der Waals surface area contributed by atoms with Gasteiger partial charge in [-0.15, -0.1) is 0 Å². The van der Waals surface area contributed by atoms with Crippen molar-refractivity contribution in [3.63, 3.8) is 0 Å². The quantitative estimate of drug-likeness (QED) is 0.294. The summed E-state index contributed by atoms with van der Waals surface area (Å²) in [6.07, 6.45) is 2.17. The molecule has 0 amide bonds. The Kier molecular flexibility index (Phi) is 7.49. The third kappa shape index (κ3) is 5.55. The zero-order chi connectivity index (χ0) is 24.6. The molecule has 0 unspecified atom stereocenters. The normalized spacial score (nSPS) is 14.6. The van der Waals surface area contributed by atoms with Crippen LogP contribution in [0.2, 0.25) is 18.1 Å². The minimum Gasteiger partial charge on any atom is -0.462 e. The lowest BCUT2D eigenvalue weighted by molar-refractivity contribution is 0.0524. The molecule has 0 radical (unpaired) electrons. The van der Waals surface area contributed by atoms with Crippen LogP contribution < -0.4 is 0 Å². The van der Waals surface area contributed by atoms with E-state index in [1.54, 1.807) is 19.1 Å². The Morgan fingerprint density at radius 2 is 1.79 bits per heavy atom. The van der Waals surface area contributed by atoms with Crippen LogP contribution in [0.5, 0.6) is 0 Å². The van der Waals surface area contributed by atoms with Gasteiger partial charge in [0.25, 0.3) is 0 Å². The molecule has 0 N–H and O–H groups in total. The third-order valence-corrected chi connectivity index (χ3v) is 11.3. The summed E-state index contributed by atoms with van der Waals surface area (Å²) in [6.45, 7) is 17.6. The van der Waals surface area contributed by atoms with Gasteiger partial charge in [0.1, 0.15) is 5.82 Å². The van der Waals surface area contributed by atoms with E-state index in [1.807, 2.05) is 13.8 Å². The monoisotopic (exact) mass is 471 g/mol. The van der Waals surface area contributed by atoms with E-state index in [4.69, 9.17) is 14.1 Å². The molecule has 2 aromatic rings. The van der Waals surface area contributed by atoms with E-state index in [2.05, 4.69) is 33.9 Å². The van der Waals surface area contributed by atoms with Crippen LogP contribution in [0.3, 0.4) is 0 Å². The summed E-state index contributed by atoms with van der Waals surface area (Å²) in [5.74, 6) is -0.285. The number of esters is 1. The van der Waals surface area contributed by atoms with Gasteiger partial charge in [0.15, 0.2) is 8.32 Å². The minimum atomic E-state index is -2.06. The molecule has 1 fully saturated rings. The molecular formula is C27H38FNO3Si. The molecule has 0 bridgehead atoms. The Bertz CT molecular complexity index is 1010. The van der Waals surface area contributed by atoms with Crippen molar-refractivity contribution < 1.29 is 18.3 Å². The SMILES string of the molecule is CCOC(=O)c1c(C(C)C)nc(C2CC2)c(CO[Si](C)(C)C(C)(C)C)c1-c1ccc(F)cc1. The molecule has 1 aliphatic rings. The van der Waals surface area contributed by atoms with Gasteiger partial charge in [0, 0.05) is 22.7 Å². The Hall–Kier alpha value is -2.05. The number of ether oxygens (including phenoxy) is 1. The van der Waals surface area contributed by atoms with E-state index in [0.29, 0.717) is 18.1 Å². The smallest absolute Gasteiger partial charge is 0.340 e. The number of hydrogen-bond donors (Lipinski definition) is 0. The maximum Gasteiger partial charge on any atom is 0.340 e. The van der Waals surface area contributed by atoms with E-state index in [1.165, 1.54) is 12.1 Å². The molecular weight excluding hydrogens is 433 g/mol. The van der Waals surface area contributed by atoms with Crippen LogP contribution in [0.4, 0.5) is 4.39 Å². The number of pyridine rings is 1.